The van der Waals surface area contributed by atoms with Crippen LogP contribution in [-0.4, -0.2) is 0 Å². The van der Waals surface area contributed by atoms with E-state index in [9.17, 15) is 0 Å². The lowest BCUT2D eigenvalue weighted by molar-refractivity contribution is 1.47. The van der Waals surface area contributed by atoms with Crippen LogP contribution in [0.5, 0.6) is 0 Å². The number of benzene rings is 1. The Morgan fingerprint density at radius 1 is 1.46 bits per heavy atom. The van der Waals surface area contributed by atoms with Crippen molar-refractivity contribution >= 4 is 59.9 Å². The molecule has 2 rings (SSSR count). The van der Waals surface area contributed by atoms with E-state index < -0.39 is 0 Å². The van der Waals surface area contributed by atoms with Crippen LogP contribution in [0.2, 0.25) is 0 Å². The third-order valence-corrected chi connectivity index (χ3v) is 5.48. The first kappa shape index (κ1) is 9.93. The van der Waals surface area contributed by atoms with Crippen LogP contribution in [0.1, 0.15) is 10.4 Å². The van der Waals surface area contributed by atoms with Crippen molar-refractivity contribution in [2.45, 2.75) is 12.3 Å². The molecule has 1 aromatic carbocycles. The van der Waals surface area contributed by atoms with Crippen LogP contribution < -0.4 is 0 Å². The maximum atomic E-state index is 3.47. The molecule has 0 nitrogen and oxygen atoms in total. The number of aryl methyl sites for hydroxylation is 1. The van der Waals surface area contributed by atoms with Crippen LogP contribution in [-0.2, 0) is 5.33 Å². The molecule has 13 heavy (non-hydrogen) atoms. The van der Waals surface area contributed by atoms with E-state index in [1.807, 2.05) is 11.3 Å². The van der Waals surface area contributed by atoms with E-state index in [0.717, 1.165) is 5.33 Å². The molecule has 0 amide bonds. The Bertz CT molecular complexity index is 447. The number of hydrogen-bond donors (Lipinski definition) is 0. The topological polar surface area (TPSA) is 0 Å². The first-order valence-electron chi connectivity index (χ1n) is 3.96. The third-order valence-electron chi connectivity index (χ3n) is 2.01. The van der Waals surface area contributed by atoms with Crippen LogP contribution in [0.4, 0.5) is 0 Å². The van der Waals surface area contributed by atoms with E-state index in [2.05, 4.69) is 63.6 Å². The molecule has 0 aliphatic rings. The molecule has 0 radical (unpaired) electrons. The number of rotatable bonds is 1. The van der Waals surface area contributed by atoms with Gasteiger partial charge in [-0.2, -0.15) is 0 Å². The molecule has 0 fully saturated rings. The smallest absolute Gasteiger partial charge is 0.0359 e. The predicted molar refractivity (Wildman–Crippen MR) is 71.9 cm³/mol. The molecule has 68 valence electrons. The normalized spacial score (nSPS) is 11.0. The van der Waals surface area contributed by atoms with Crippen molar-refractivity contribution < 1.29 is 0 Å². The van der Waals surface area contributed by atoms with Crippen LogP contribution in [0.25, 0.3) is 10.1 Å². The van der Waals surface area contributed by atoms with Crippen molar-refractivity contribution in [3.63, 3.8) is 0 Å². The second kappa shape index (κ2) is 3.87. The fraction of sp³-hybridized carbons (Fsp3) is 0.200. The largest absolute Gasteiger partial charge is 0.139 e. The first-order chi connectivity index (χ1) is 6.22. The lowest BCUT2D eigenvalue weighted by Crippen LogP contribution is -1.75. The molecule has 0 atom stereocenters. The van der Waals surface area contributed by atoms with Crippen molar-refractivity contribution in [2.24, 2.45) is 0 Å². The summed E-state index contributed by atoms with van der Waals surface area (Å²) in [5, 5.41) is 2.34. The summed E-state index contributed by atoms with van der Waals surface area (Å²) in [5.41, 5.74) is 1.35. The monoisotopic (exact) mass is 366 g/mol. The summed E-state index contributed by atoms with van der Waals surface area (Å²) in [6.07, 6.45) is 0. The number of alkyl halides is 1. The summed E-state index contributed by atoms with van der Waals surface area (Å²) in [7, 11) is 0. The van der Waals surface area contributed by atoms with Crippen LogP contribution in [0.3, 0.4) is 0 Å². The summed E-state index contributed by atoms with van der Waals surface area (Å²) in [5.74, 6) is 0. The van der Waals surface area contributed by atoms with Gasteiger partial charge < -0.3 is 0 Å². The van der Waals surface area contributed by atoms with Gasteiger partial charge in [0.15, 0.2) is 0 Å². The third kappa shape index (κ3) is 1.78. The first-order valence-corrected chi connectivity index (χ1v) is 6.97. The zero-order valence-corrected chi connectivity index (χ0v) is 11.7. The maximum absolute atomic E-state index is 3.47. The van der Waals surface area contributed by atoms with E-state index in [0.29, 0.717) is 0 Å². The van der Waals surface area contributed by atoms with E-state index in [-0.39, 0.29) is 0 Å². The predicted octanol–water partition coefficient (Wildman–Crippen LogP) is 4.71. The lowest BCUT2D eigenvalue weighted by Gasteiger charge is -1.94. The average Bonchev–Trinajstić information content (AvgIpc) is 2.42. The Balaban J connectivity index is 2.73. The summed E-state index contributed by atoms with van der Waals surface area (Å²) in [6.45, 7) is 2.18. The zero-order valence-electron chi connectivity index (χ0n) is 7.10. The van der Waals surface area contributed by atoms with Gasteiger partial charge in [-0.05, 0) is 41.1 Å². The quantitative estimate of drug-likeness (QED) is 0.506. The van der Waals surface area contributed by atoms with Gasteiger partial charge in [0.05, 0.1) is 0 Å². The highest BCUT2D eigenvalue weighted by molar-refractivity contribution is 14.1. The highest BCUT2D eigenvalue weighted by atomic mass is 127. The van der Waals surface area contributed by atoms with Gasteiger partial charge >= 0.3 is 0 Å². The van der Waals surface area contributed by atoms with E-state index in [1.165, 1.54) is 24.1 Å². The highest BCUT2D eigenvalue weighted by Crippen LogP contribution is 2.32. The van der Waals surface area contributed by atoms with Crippen molar-refractivity contribution in [1.82, 2.24) is 0 Å². The number of hydrogen-bond acceptors (Lipinski definition) is 1. The summed E-state index contributed by atoms with van der Waals surface area (Å²) in [6, 6.07) is 6.67. The molecule has 3 heteroatoms. The van der Waals surface area contributed by atoms with Gasteiger partial charge in [-0.15, -0.1) is 11.3 Å². The van der Waals surface area contributed by atoms with Gasteiger partial charge in [0.2, 0.25) is 0 Å². The molecule has 0 bridgehead atoms. The van der Waals surface area contributed by atoms with E-state index in [4.69, 9.17) is 0 Å². The van der Waals surface area contributed by atoms with Crippen LogP contribution in [0, 0.1) is 10.5 Å². The fourth-order valence-electron chi connectivity index (χ4n) is 1.32. The number of thiophene rings is 1. The van der Waals surface area contributed by atoms with Crippen molar-refractivity contribution in [1.29, 1.82) is 0 Å². The molecular weight excluding hydrogens is 359 g/mol. The van der Waals surface area contributed by atoms with Crippen molar-refractivity contribution in [3.8, 4) is 0 Å². The van der Waals surface area contributed by atoms with Gasteiger partial charge in [0.1, 0.15) is 0 Å². The van der Waals surface area contributed by atoms with Crippen LogP contribution in [0.15, 0.2) is 18.2 Å². The average molecular weight is 367 g/mol. The Morgan fingerprint density at radius 3 is 2.92 bits per heavy atom. The molecule has 1 aromatic heterocycles. The maximum Gasteiger partial charge on any atom is 0.0359 e. The summed E-state index contributed by atoms with van der Waals surface area (Å²) < 4.78 is 2.80. The van der Waals surface area contributed by atoms with Gasteiger partial charge in [0, 0.05) is 23.9 Å². The molecule has 0 N–H and O–H groups in total. The number of halogens is 2. The molecule has 2 aromatic rings. The van der Waals surface area contributed by atoms with Crippen molar-refractivity contribution in [3.05, 3.63) is 32.2 Å². The van der Waals surface area contributed by atoms with Gasteiger partial charge in [-0.1, -0.05) is 28.1 Å². The minimum Gasteiger partial charge on any atom is -0.139 e. The second-order valence-corrected chi connectivity index (χ2v) is 5.83. The molecule has 0 saturated heterocycles. The molecule has 0 saturated carbocycles. The van der Waals surface area contributed by atoms with E-state index >= 15 is 0 Å². The molecule has 0 unspecified atom stereocenters. The minimum absolute atomic E-state index is 0.941. The Kier molecular flexibility index (Phi) is 2.95. The molecule has 0 aliphatic heterocycles. The summed E-state index contributed by atoms with van der Waals surface area (Å²) >= 11 is 7.77. The van der Waals surface area contributed by atoms with Gasteiger partial charge in [-0.25, -0.2) is 0 Å². The highest BCUT2D eigenvalue weighted by Gasteiger charge is 2.05. The Hall–Kier alpha value is 0.390. The number of fused-ring (bicyclic) bond motifs is 1. The Labute approximate surface area is 104 Å². The van der Waals surface area contributed by atoms with Crippen molar-refractivity contribution in [2.75, 3.05) is 0 Å². The van der Waals surface area contributed by atoms with Gasteiger partial charge in [0.25, 0.3) is 0 Å². The standard InChI is InChI=1S/C10H8BrIS/c1-6-10(12)8-3-2-7(5-11)4-9(8)13-6/h2-4H,5H2,1H3. The molecule has 1 heterocycles. The fourth-order valence-corrected chi connectivity index (χ4v) is 3.67. The van der Waals surface area contributed by atoms with Gasteiger partial charge in [-0.3, -0.25) is 0 Å². The van der Waals surface area contributed by atoms with E-state index in [1.54, 1.807) is 0 Å². The molecule has 0 aliphatic carbocycles. The zero-order chi connectivity index (χ0) is 9.42. The Morgan fingerprint density at radius 2 is 2.23 bits per heavy atom. The molecular formula is C10H8BrIS. The molecule has 0 spiro atoms. The second-order valence-electron chi connectivity index (χ2n) is 2.94. The van der Waals surface area contributed by atoms with Crippen LogP contribution >= 0.6 is 49.9 Å². The minimum atomic E-state index is 0.941. The summed E-state index contributed by atoms with van der Waals surface area (Å²) in [4.78, 5) is 1.42. The SMILES string of the molecule is Cc1sc2cc(CBr)ccc2c1I. The lowest BCUT2D eigenvalue weighted by atomic mass is 10.2.